The highest BCUT2D eigenvalue weighted by Crippen LogP contribution is 2.22. The summed E-state index contributed by atoms with van der Waals surface area (Å²) in [5.41, 5.74) is 0.214. The number of hydroxylamine groups is 2. The zero-order valence-electron chi connectivity index (χ0n) is 13.6. The molecule has 0 fully saturated rings. The minimum absolute atomic E-state index is 0.189. The molecule has 0 unspecified atom stereocenters. The highest BCUT2D eigenvalue weighted by atomic mass is 16.7. The molecule has 1 aliphatic heterocycles. The molecule has 0 radical (unpaired) electrons. The summed E-state index contributed by atoms with van der Waals surface area (Å²) in [7, 11) is 0. The van der Waals surface area contributed by atoms with Gasteiger partial charge in [-0.15, -0.1) is 5.06 Å². The Kier molecular flexibility index (Phi) is 5.15. The van der Waals surface area contributed by atoms with Crippen LogP contribution in [0.4, 0.5) is 0 Å². The molecule has 0 saturated heterocycles. The van der Waals surface area contributed by atoms with Crippen molar-refractivity contribution in [3.8, 4) is 0 Å². The van der Waals surface area contributed by atoms with Crippen molar-refractivity contribution in [2.45, 2.75) is 45.6 Å². The molecular formula is C17H21NO5. The molecule has 0 bridgehead atoms. The van der Waals surface area contributed by atoms with E-state index in [0.29, 0.717) is 24.0 Å². The fraction of sp³-hybridized carbons (Fsp3) is 0.471. The number of fused-ring (bicyclic) bond motifs is 1. The van der Waals surface area contributed by atoms with Crippen molar-refractivity contribution in [3.05, 3.63) is 35.4 Å². The molecule has 2 rings (SSSR count). The van der Waals surface area contributed by atoms with Crippen molar-refractivity contribution in [1.29, 1.82) is 0 Å². The Morgan fingerprint density at radius 1 is 1.04 bits per heavy atom. The zero-order chi connectivity index (χ0) is 17.0. The number of amides is 2. The number of imide groups is 1. The van der Waals surface area contributed by atoms with Gasteiger partial charge < -0.3 is 4.74 Å². The summed E-state index contributed by atoms with van der Waals surface area (Å²) < 4.78 is 5.20. The first kappa shape index (κ1) is 17.1. The van der Waals surface area contributed by atoms with E-state index in [1.165, 1.54) is 0 Å². The number of hydrogen-bond acceptors (Lipinski definition) is 5. The Labute approximate surface area is 135 Å². The number of nitrogens with zero attached hydrogens (tertiary/aromatic N) is 1. The molecule has 2 amide bonds. The van der Waals surface area contributed by atoms with Crippen LogP contribution in [0.1, 0.15) is 60.7 Å². The summed E-state index contributed by atoms with van der Waals surface area (Å²) in [5.74, 6) is -1.16. The van der Waals surface area contributed by atoms with Gasteiger partial charge in [0, 0.05) is 6.42 Å². The summed E-state index contributed by atoms with van der Waals surface area (Å²) in [6, 6.07) is 6.60. The average molecular weight is 319 g/mol. The molecule has 0 aliphatic carbocycles. The van der Waals surface area contributed by atoms with Crippen LogP contribution in [0.5, 0.6) is 0 Å². The quantitative estimate of drug-likeness (QED) is 0.458. The van der Waals surface area contributed by atoms with Crippen LogP contribution in [-0.4, -0.2) is 35.1 Å². The molecule has 124 valence electrons. The van der Waals surface area contributed by atoms with Crippen LogP contribution in [0.2, 0.25) is 0 Å². The Hall–Kier alpha value is -2.21. The first-order valence-corrected chi connectivity index (χ1v) is 7.62. The van der Waals surface area contributed by atoms with E-state index < -0.39 is 17.4 Å². The highest BCUT2D eigenvalue weighted by molar-refractivity contribution is 6.20. The lowest BCUT2D eigenvalue weighted by molar-refractivity contribution is -0.155. The van der Waals surface area contributed by atoms with Gasteiger partial charge in [-0.1, -0.05) is 12.1 Å². The molecule has 23 heavy (non-hydrogen) atoms. The monoisotopic (exact) mass is 319 g/mol. The number of esters is 1. The van der Waals surface area contributed by atoms with E-state index in [9.17, 15) is 14.4 Å². The largest absolute Gasteiger partial charge is 0.460 e. The second kappa shape index (κ2) is 6.91. The first-order chi connectivity index (χ1) is 10.8. The zero-order valence-corrected chi connectivity index (χ0v) is 13.6. The van der Waals surface area contributed by atoms with Gasteiger partial charge in [-0.2, -0.15) is 0 Å². The molecule has 1 aliphatic rings. The minimum atomic E-state index is -0.492. The van der Waals surface area contributed by atoms with Gasteiger partial charge in [0.05, 0.1) is 17.7 Å². The topological polar surface area (TPSA) is 72.9 Å². The SMILES string of the molecule is CC(C)(C)OC(=O)CCCCON1C(=O)c2ccccc2C1=O. The van der Waals surface area contributed by atoms with Crippen molar-refractivity contribution < 1.29 is 24.0 Å². The van der Waals surface area contributed by atoms with Gasteiger partial charge in [0.2, 0.25) is 0 Å². The lowest BCUT2D eigenvalue weighted by Gasteiger charge is -2.19. The van der Waals surface area contributed by atoms with Crippen molar-refractivity contribution in [2.24, 2.45) is 0 Å². The second-order valence-corrected chi connectivity index (χ2v) is 6.33. The van der Waals surface area contributed by atoms with Crippen LogP contribution in [0, 0.1) is 0 Å². The third-order valence-electron chi connectivity index (χ3n) is 3.17. The van der Waals surface area contributed by atoms with Gasteiger partial charge in [0.25, 0.3) is 11.8 Å². The summed E-state index contributed by atoms with van der Waals surface area (Å²) >= 11 is 0. The molecule has 1 aromatic carbocycles. The smallest absolute Gasteiger partial charge is 0.306 e. The van der Waals surface area contributed by atoms with Gasteiger partial charge in [-0.3, -0.25) is 19.2 Å². The van der Waals surface area contributed by atoms with Crippen molar-refractivity contribution in [1.82, 2.24) is 5.06 Å². The van der Waals surface area contributed by atoms with Crippen molar-refractivity contribution in [2.75, 3.05) is 6.61 Å². The van der Waals surface area contributed by atoms with E-state index in [-0.39, 0.29) is 19.0 Å². The maximum Gasteiger partial charge on any atom is 0.306 e. The van der Waals surface area contributed by atoms with Gasteiger partial charge in [0.1, 0.15) is 5.60 Å². The normalized spacial score (nSPS) is 14.1. The predicted octanol–water partition coefficient (Wildman–Crippen LogP) is 2.73. The molecule has 0 saturated carbocycles. The Bertz CT molecular complexity index is 583. The average Bonchev–Trinajstić information content (AvgIpc) is 2.70. The minimum Gasteiger partial charge on any atom is -0.460 e. The molecular weight excluding hydrogens is 298 g/mol. The maximum atomic E-state index is 12.0. The number of carbonyl (C=O) groups excluding carboxylic acids is 3. The standard InChI is InChI=1S/C17H21NO5/c1-17(2,3)23-14(19)10-6-7-11-22-18-15(20)12-8-4-5-9-13(12)16(18)21/h4-5,8-9H,6-7,10-11H2,1-3H3. The number of hydrogen-bond donors (Lipinski definition) is 0. The maximum absolute atomic E-state index is 12.0. The number of carbonyl (C=O) groups is 3. The summed E-state index contributed by atoms with van der Waals surface area (Å²) in [6.45, 7) is 5.64. The number of unbranched alkanes of at least 4 members (excludes halogenated alkanes) is 1. The lowest BCUT2D eigenvalue weighted by Crippen LogP contribution is -2.30. The van der Waals surface area contributed by atoms with Gasteiger partial charge in [0.15, 0.2) is 0 Å². The van der Waals surface area contributed by atoms with Crippen molar-refractivity contribution in [3.63, 3.8) is 0 Å². The molecule has 0 atom stereocenters. The van der Waals surface area contributed by atoms with Crippen LogP contribution in [0.3, 0.4) is 0 Å². The van der Waals surface area contributed by atoms with Gasteiger partial charge >= 0.3 is 5.97 Å². The second-order valence-electron chi connectivity index (χ2n) is 6.33. The van der Waals surface area contributed by atoms with E-state index >= 15 is 0 Å². The van der Waals surface area contributed by atoms with Crippen LogP contribution in [0.15, 0.2) is 24.3 Å². The lowest BCUT2D eigenvalue weighted by atomic mass is 10.1. The molecule has 6 nitrogen and oxygen atoms in total. The molecule has 1 heterocycles. The number of ether oxygens (including phenoxy) is 1. The van der Waals surface area contributed by atoms with Crippen LogP contribution < -0.4 is 0 Å². The number of benzene rings is 1. The van der Waals surface area contributed by atoms with Crippen LogP contribution in [-0.2, 0) is 14.4 Å². The van der Waals surface area contributed by atoms with Crippen LogP contribution >= 0.6 is 0 Å². The summed E-state index contributed by atoms with van der Waals surface area (Å²) in [4.78, 5) is 40.9. The van der Waals surface area contributed by atoms with E-state index in [2.05, 4.69) is 0 Å². The van der Waals surface area contributed by atoms with E-state index in [1.54, 1.807) is 24.3 Å². The molecule has 1 aromatic rings. The van der Waals surface area contributed by atoms with E-state index in [1.807, 2.05) is 20.8 Å². The summed E-state index contributed by atoms with van der Waals surface area (Å²) in [6.07, 6.45) is 1.40. The fourth-order valence-corrected chi connectivity index (χ4v) is 2.20. The Morgan fingerprint density at radius 2 is 1.61 bits per heavy atom. The predicted molar refractivity (Wildman–Crippen MR) is 82.6 cm³/mol. The Balaban J connectivity index is 1.73. The van der Waals surface area contributed by atoms with Crippen LogP contribution in [0.25, 0.3) is 0 Å². The van der Waals surface area contributed by atoms with E-state index in [4.69, 9.17) is 9.57 Å². The summed E-state index contributed by atoms with van der Waals surface area (Å²) in [5, 5.41) is 0.790. The first-order valence-electron chi connectivity index (χ1n) is 7.62. The third-order valence-corrected chi connectivity index (χ3v) is 3.17. The molecule has 0 N–H and O–H groups in total. The molecule has 6 heteroatoms. The fourth-order valence-electron chi connectivity index (χ4n) is 2.20. The third kappa shape index (κ3) is 4.39. The van der Waals surface area contributed by atoms with Gasteiger partial charge in [-0.25, -0.2) is 0 Å². The molecule has 0 aromatic heterocycles. The van der Waals surface area contributed by atoms with E-state index in [0.717, 1.165) is 5.06 Å². The van der Waals surface area contributed by atoms with Gasteiger partial charge in [-0.05, 0) is 45.7 Å². The Morgan fingerprint density at radius 3 is 2.13 bits per heavy atom. The highest BCUT2D eigenvalue weighted by Gasteiger charge is 2.36. The van der Waals surface area contributed by atoms with Crippen molar-refractivity contribution >= 4 is 17.8 Å². The number of rotatable bonds is 6. The molecule has 0 spiro atoms.